The molecule has 3 aromatic carbocycles. The van der Waals surface area contributed by atoms with Crippen LogP contribution >= 0.6 is 11.6 Å². The molecule has 0 aromatic heterocycles. The number of nitrogens with one attached hydrogen (secondary N) is 1. The molecule has 0 bridgehead atoms. The van der Waals surface area contributed by atoms with Gasteiger partial charge in [-0.15, -0.1) is 0 Å². The molecule has 0 unspecified atom stereocenters. The summed E-state index contributed by atoms with van der Waals surface area (Å²) in [6.07, 6.45) is 1.45. The number of esters is 1. The summed E-state index contributed by atoms with van der Waals surface area (Å²) in [5.41, 5.74) is 5.32. The van der Waals surface area contributed by atoms with Gasteiger partial charge in [0.1, 0.15) is 5.75 Å². The van der Waals surface area contributed by atoms with Crippen LogP contribution in [-0.2, 0) is 4.79 Å². The number of para-hydroxylation sites is 1. The lowest BCUT2D eigenvalue weighted by molar-refractivity contribution is -0.123. The van der Waals surface area contributed by atoms with Crippen LogP contribution in [0.5, 0.6) is 17.2 Å². The van der Waals surface area contributed by atoms with Crippen molar-refractivity contribution in [3.8, 4) is 17.2 Å². The molecule has 3 rings (SSSR count). The first-order chi connectivity index (χ1) is 15.9. The van der Waals surface area contributed by atoms with E-state index in [0.29, 0.717) is 27.6 Å². The van der Waals surface area contributed by atoms with Crippen molar-refractivity contribution in [2.45, 2.75) is 13.8 Å². The summed E-state index contributed by atoms with van der Waals surface area (Å²) >= 11 is 5.84. The minimum Gasteiger partial charge on any atom is -0.493 e. The van der Waals surface area contributed by atoms with Gasteiger partial charge in [0.2, 0.25) is 0 Å². The lowest BCUT2D eigenvalue weighted by Crippen LogP contribution is -2.25. The molecule has 1 amide bonds. The van der Waals surface area contributed by atoms with E-state index in [4.69, 9.17) is 25.8 Å². The van der Waals surface area contributed by atoms with E-state index in [-0.39, 0.29) is 12.4 Å². The van der Waals surface area contributed by atoms with Gasteiger partial charge in [-0.2, -0.15) is 5.10 Å². The number of benzene rings is 3. The average molecular weight is 467 g/mol. The lowest BCUT2D eigenvalue weighted by atomic mass is 10.1. The van der Waals surface area contributed by atoms with E-state index in [1.807, 2.05) is 32.0 Å². The highest BCUT2D eigenvalue weighted by atomic mass is 35.5. The molecule has 0 heterocycles. The summed E-state index contributed by atoms with van der Waals surface area (Å²) in [5.74, 6) is 0.341. The molecular formula is C25H23ClN2O5. The molecule has 0 aliphatic rings. The maximum atomic E-state index is 12.3. The summed E-state index contributed by atoms with van der Waals surface area (Å²) < 4.78 is 16.3. The van der Waals surface area contributed by atoms with E-state index in [9.17, 15) is 9.59 Å². The van der Waals surface area contributed by atoms with E-state index in [1.165, 1.54) is 13.3 Å². The van der Waals surface area contributed by atoms with Crippen LogP contribution < -0.4 is 19.6 Å². The van der Waals surface area contributed by atoms with Crippen LogP contribution in [0.2, 0.25) is 5.02 Å². The topological polar surface area (TPSA) is 86.2 Å². The van der Waals surface area contributed by atoms with Crippen molar-refractivity contribution in [3.05, 3.63) is 87.9 Å². The Hall–Kier alpha value is -3.84. The number of hydrogen-bond acceptors (Lipinski definition) is 6. The third-order valence-electron chi connectivity index (χ3n) is 4.63. The SMILES string of the molecule is COc1cc(/C=N\NC(=O)COc2c(C)cccc2C)ccc1OC(=O)c1ccc(Cl)cc1. The number of nitrogens with zero attached hydrogens (tertiary/aromatic N) is 1. The summed E-state index contributed by atoms with van der Waals surface area (Å²) in [6, 6.07) is 17.0. The second-order valence-electron chi connectivity index (χ2n) is 7.11. The van der Waals surface area contributed by atoms with Crippen LogP contribution in [0.25, 0.3) is 0 Å². The Morgan fingerprint density at radius 2 is 1.70 bits per heavy atom. The van der Waals surface area contributed by atoms with Crippen molar-refractivity contribution in [1.29, 1.82) is 0 Å². The summed E-state index contributed by atoms with van der Waals surface area (Å²) in [7, 11) is 1.46. The van der Waals surface area contributed by atoms with Gasteiger partial charge in [-0.25, -0.2) is 10.2 Å². The molecule has 7 nitrogen and oxygen atoms in total. The van der Waals surface area contributed by atoms with Gasteiger partial charge in [-0.3, -0.25) is 4.79 Å². The molecule has 0 spiro atoms. The Morgan fingerprint density at radius 3 is 2.36 bits per heavy atom. The highest BCUT2D eigenvalue weighted by Gasteiger charge is 2.13. The molecule has 170 valence electrons. The Labute approximate surface area is 196 Å². The fourth-order valence-electron chi connectivity index (χ4n) is 2.97. The number of ether oxygens (including phenoxy) is 3. The first kappa shape index (κ1) is 23.8. The monoisotopic (exact) mass is 466 g/mol. The predicted octanol–water partition coefficient (Wildman–Crippen LogP) is 4.71. The quantitative estimate of drug-likeness (QED) is 0.225. The number of aryl methyl sites for hydroxylation is 2. The molecule has 0 saturated carbocycles. The second-order valence-corrected chi connectivity index (χ2v) is 7.55. The number of hydrogen-bond donors (Lipinski definition) is 1. The largest absolute Gasteiger partial charge is 0.493 e. The van der Waals surface area contributed by atoms with Crippen LogP contribution in [0.4, 0.5) is 0 Å². The maximum absolute atomic E-state index is 12.3. The molecule has 0 aliphatic heterocycles. The van der Waals surface area contributed by atoms with Gasteiger partial charge in [-0.05, 0) is 73.0 Å². The maximum Gasteiger partial charge on any atom is 0.343 e. The Morgan fingerprint density at radius 1 is 1.00 bits per heavy atom. The summed E-state index contributed by atoms with van der Waals surface area (Å²) in [4.78, 5) is 24.4. The smallest absolute Gasteiger partial charge is 0.343 e. The average Bonchev–Trinajstić information content (AvgIpc) is 2.80. The molecule has 33 heavy (non-hydrogen) atoms. The molecule has 1 N–H and O–H groups in total. The van der Waals surface area contributed by atoms with Crippen LogP contribution in [0.1, 0.15) is 27.0 Å². The molecule has 3 aromatic rings. The first-order valence-electron chi connectivity index (χ1n) is 10.0. The fraction of sp³-hybridized carbons (Fsp3) is 0.160. The molecule has 0 aliphatic carbocycles. The van der Waals surface area contributed by atoms with Gasteiger partial charge in [-0.1, -0.05) is 29.8 Å². The number of halogens is 1. The third kappa shape index (κ3) is 6.57. The molecule has 0 radical (unpaired) electrons. The highest BCUT2D eigenvalue weighted by Crippen LogP contribution is 2.28. The van der Waals surface area contributed by atoms with Crippen molar-refractivity contribution in [3.63, 3.8) is 0 Å². The summed E-state index contributed by atoms with van der Waals surface area (Å²) in [5, 5.41) is 4.46. The van der Waals surface area contributed by atoms with Gasteiger partial charge in [0.15, 0.2) is 18.1 Å². The Kier molecular flexibility index (Phi) is 8.05. The minimum absolute atomic E-state index is 0.161. The lowest BCUT2D eigenvalue weighted by Gasteiger charge is -2.11. The Balaban J connectivity index is 1.58. The zero-order valence-corrected chi connectivity index (χ0v) is 19.2. The van der Waals surface area contributed by atoms with Gasteiger partial charge >= 0.3 is 5.97 Å². The number of carbonyl (C=O) groups excluding carboxylic acids is 2. The number of hydrazone groups is 1. The van der Waals surface area contributed by atoms with E-state index < -0.39 is 11.9 Å². The number of methoxy groups -OCH3 is 1. The summed E-state index contributed by atoms with van der Waals surface area (Å²) in [6.45, 7) is 3.68. The zero-order chi connectivity index (χ0) is 23.8. The number of carbonyl (C=O) groups is 2. The number of amides is 1. The highest BCUT2D eigenvalue weighted by molar-refractivity contribution is 6.30. The van der Waals surface area contributed by atoms with Crippen LogP contribution in [-0.4, -0.2) is 31.8 Å². The van der Waals surface area contributed by atoms with Gasteiger partial charge in [0.25, 0.3) is 5.91 Å². The Bertz CT molecular complexity index is 1160. The second kappa shape index (κ2) is 11.2. The molecule has 8 heteroatoms. The predicted molar refractivity (Wildman–Crippen MR) is 127 cm³/mol. The van der Waals surface area contributed by atoms with Crippen LogP contribution in [0, 0.1) is 13.8 Å². The zero-order valence-electron chi connectivity index (χ0n) is 18.4. The van der Waals surface area contributed by atoms with Crippen LogP contribution in [0.15, 0.2) is 65.8 Å². The van der Waals surface area contributed by atoms with Gasteiger partial charge in [0.05, 0.1) is 18.9 Å². The van der Waals surface area contributed by atoms with Gasteiger partial charge < -0.3 is 14.2 Å². The van der Waals surface area contributed by atoms with Crippen molar-refractivity contribution >= 4 is 29.7 Å². The van der Waals surface area contributed by atoms with Gasteiger partial charge in [0, 0.05) is 5.02 Å². The molecular weight excluding hydrogens is 444 g/mol. The third-order valence-corrected chi connectivity index (χ3v) is 4.88. The van der Waals surface area contributed by atoms with E-state index in [2.05, 4.69) is 10.5 Å². The van der Waals surface area contributed by atoms with Crippen LogP contribution in [0.3, 0.4) is 0 Å². The van der Waals surface area contributed by atoms with Crippen molar-refractivity contribution in [2.24, 2.45) is 5.10 Å². The van der Waals surface area contributed by atoms with Crippen molar-refractivity contribution < 1.29 is 23.8 Å². The standard InChI is InChI=1S/C25H23ClN2O5/c1-16-5-4-6-17(2)24(16)32-15-23(29)28-27-14-18-7-12-21(22(13-18)31-3)33-25(30)19-8-10-20(26)11-9-19/h4-14H,15H2,1-3H3,(H,28,29)/b27-14-. The van der Waals surface area contributed by atoms with E-state index >= 15 is 0 Å². The first-order valence-corrected chi connectivity index (χ1v) is 10.4. The van der Waals surface area contributed by atoms with E-state index in [0.717, 1.165) is 11.1 Å². The van der Waals surface area contributed by atoms with Crippen molar-refractivity contribution in [2.75, 3.05) is 13.7 Å². The molecule has 0 saturated heterocycles. The van der Waals surface area contributed by atoms with E-state index in [1.54, 1.807) is 42.5 Å². The fourth-order valence-corrected chi connectivity index (χ4v) is 3.10. The minimum atomic E-state index is -0.539. The normalized spacial score (nSPS) is 10.7. The van der Waals surface area contributed by atoms with Crippen molar-refractivity contribution in [1.82, 2.24) is 5.43 Å². The number of rotatable bonds is 8. The molecule has 0 fully saturated rings. The molecule has 0 atom stereocenters.